The number of rotatable bonds is 6. The van der Waals surface area contributed by atoms with Gasteiger partial charge < -0.3 is 11.1 Å². The molecule has 0 aliphatic rings. The summed E-state index contributed by atoms with van der Waals surface area (Å²) in [6.07, 6.45) is 6.28. The molecule has 1 rings (SSSR count). The molecule has 3 nitrogen and oxygen atoms in total. The summed E-state index contributed by atoms with van der Waals surface area (Å²) in [6, 6.07) is 1.99. The maximum atomic E-state index is 5.69. The monoisotopic (exact) mass is 225 g/mol. The Balaban J connectivity index is 2.28. The first-order valence-corrected chi connectivity index (χ1v) is 6.58. The second-order valence-electron chi connectivity index (χ2n) is 3.55. The van der Waals surface area contributed by atoms with Crippen LogP contribution in [0.3, 0.4) is 0 Å². The van der Waals surface area contributed by atoms with Gasteiger partial charge in [0.05, 0.1) is 11.9 Å². The summed E-state index contributed by atoms with van der Waals surface area (Å²) in [7, 11) is 0. The van der Waals surface area contributed by atoms with Crippen LogP contribution < -0.4 is 11.1 Å². The molecule has 0 bridgehead atoms. The Bertz CT molecular complexity index is 302. The lowest BCUT2D eigenvalue weighted by Gasteiger charge is -2.07. The van der Waals surface area contributed by atoms with Crippen LogP contribution in [0.5, 0.6) is 0 Å². The molecule has 1 aromatic heterocycles. The molecule has 0 unspecified atom stereocenters. The number of hydrogen-bond acceptors (Lipinski definition) is 4. The molecule has 0 aromatic carbocycles. The van der Waals surface area contributed by atoms with Crippen molar-refractivity contribution >= 4 is 23.3 Å². The van der Waals surface area contributed by atoms with Gasteiger partial charge in [0, 0.05) is 6.54 Å². The molecule has 84 valence electrons. The van der Waals surface area contributed by atoms with Crippen LogP contribution >= 0.6 is 11.8 Å². The van der Waals surface area contributed by atoms with Crippen molar-refractivity contribution in [3.05, 3.63) is 17.8 Å². The second kappa shape index (κ2) is 6.56. The van der Waals surface area contributed by atoms with Crippen molar-refractivity contribution in [2.24, 2.45) is 0 Å². The van der Waals surface area contributed by atoms with E-state index in [9.17, 15) is 0 Å². The predicted molar refractivity (Wildman–Crippen MR) is 69.5 cm³/mol. The lowest BCUT2D eigenvalue weighted by Crippen LogP contribution is -2.04. The third kappa shape index (κ3) is 4.42. The fraction of sp³-hybridized carbons (Fsp3) is 0.545. The number of hydrogen-bond donors (Lipinski definition) is 2. The molecule has 0 amide bonds. The van der Waals surface area contributed by atoms with Crippen LogP contribution in [0.1, 0.15) is 18.4 Å². The van der Waals surface area contributed by atoms with Crippen molar-refractivity contribution in [3.8, 4) is 0 Å². The standard InChI is InChI=1S/C11H19N3S/c1-9-7-11(14-8-10(9)12)13-5-3-4-6-15-2/h7-8H,3-6,12H2,1-2H3,(H,13,14). The van der Waals surface area contributed by atoms with Crippen LogP contribution in [-0.2, 0) is 0 Å². The van der Waals surface area contributed by atoms with Gasteiger partial charge in [0.15, 0.2) is 0 Å². The largest absolute Gasteiger partial charge is 0.397 e. The number of nitrogens with one attached hydrogen (secondary N) is 1. The molecule has 0 aliphatic heterocycles. The van der Waals surface area contributed by atoms with Crippen LogP contribution in [0.15, 0.2) is 12.3 Å². The molecule has 3 N–H and O–H groups in total. The molecule has 1 aromatic rings. The van der Waals surface area contributed by atoms with E-state index < -0.39 is 0 Å². The van der Waals surface area contributed by atoms with Gasteiger partial charge in [-0.2, -0.15) is 11.8 Å². The van der Waals surface area contributed by atoms with Gasteiger partial charge in [-0.25, -0.2) is 4.98 Å². The Morgan fingerprint density at radius 1 is 1.47 bits per heavy atom. The number of aryl methyl sites for hydroxylation is 1. The molecule has 0 fully saturated rings. The fourth-order valence-corrected chi connectivity index (χ4v) is 1.74. The number of nitrogens with two attached hydrogens (primary N) is 1. The highest BCUT2D eigenvalue weighted by molar-refractivity contribution is 7.98. The van der Waals surface area contributed by atoms with E-state index in [1.165, 1.54) is 18.6 Å². The SMILES string of the molecule is CSCCCCNc1cc(C)c(N)cn1. The van der Waals surface area contributed by atoms with E-state index in [0.717, 1.165) is 23.6 Å². The zero-order chi connectivity index (χ0) is 11.1. The molecule has 0 spiro atoms. The summed E-state index contributed by atoms with van der Waals surface area (Å²) in [4.78, 5) is 4.22. The van der Waals surface area contributed by atoms with Crippen LogP contribution in [-0.4, -0.2) is 23.5 Å². The van der Waals surface area contributed by atoms with Gasteiger partial charge >= 0.3 is 0 Å². The smallest absolute Gasteiger partial charge is 0.126 e. The van der Waals surface area contributed by atoms with E-state index in [2.05, 4.69) is 16.6 Å². The molecule has 1 heterocycles. The van der Waals surface area contributed by atoms with E-state index in [-0.39, 0.29) is 0 Å². The maximum absolute atomic E-state index is 5.69. The van der Waals surface area contributed by atoms with E-state index in [4.69, 9.17) is 5.73 Å². The Morgan fingerprint density at radius 3 is 2.93 bits per heavy atom. The highest BCUT2D eigenvalue weighted by Gasteiger charge is 1.97. The second-order valence-corrected chi connectivity index (χ2v) is 4.54. The van der Waals surface area contributed by atoms with Gasteiger partial charge in [0.1, 0.15) is 5.82 Å². The number of nitrogen functional groups attached to an aromatic ring is 1. The fourth-order valence-electron chi connectivity index (χ4n) is 1.25. The Kier molecular flexibility index (Phi) is 5.32. The van der Waals surface area contributed by atoms with Crippen LogP contribution in [0, 0.1) is 6.92 Å². The third-order valence-corrected chi connectivity index (χ3v) is 2.93. The predicted octanol–water partition coefficient (Wildman–Crippen LogP) is 2.53. The van der Waals surface area contributed by atoms with Gasteiger partial charge in [-0.1, -0.05) is 0 Å². The number of anilines is 2. The molecule has 15 heavy (non-hydrogen) atoms. The quantitative estimate of drug-likeness (QED) is 0.730. The number of nitrogens with zero attached hydrogens (tertiary/aromatic N) is 1. The van der Waals surface area contributed by atoms with Gasteiger partial charge in [-0.3, -0.25) is 0 Å². The average Bonchev–Trinajstić information content (AvgIpc) is 2.23. The first-order valence-electron chi connectivity index (χ1n) is 5.19. The lowest BCUT2D eigenvalue weighted by molar-refractivity contribution is 0.840. The van der Waals surface area contributed by atoms with Crippen molar-refractivity contribution in [1.82, 2.24) is 4.98 Å². The normalized spacial score (nSPS) is 10.3. The summed E-state index contributed by atoms with van der Waals surface area (Å²) < 4.78 is 0. The Morgan fingerprint density at radius 2 is 2.27 bits per heavy atom. The van der Waals surface area contributed by atoms with Crippen molar-refractivity contribution < 1.29 is 0 Å². The zero-order valence-electron chi connectivity index (χ0n) is 9.42. The van der Waals surface area contributed by atoms with Gasteiger partial charge in [-0.05, 0) is 43.4 Å². The molecule has 0 aliphatic carbocycles. The molecule has 0 atom stereocenters. The third-order valence-electron chi connectivity index (χ3n) is 2.23. The first kappa shape index (κ1) is 12.2. The highest BCUT2D eigenvalue weighted by Crippen LogP contribution is 2.13. The maximum Gasteiger partial charge on any atom is 0.126 e. The Labute approximate surface area is 95.9 Å². The Hall–Kier alpha value is -0.900. The van der Waals surface area contributed by atoms with Crippen molar-refractivity contribution in [2.45, 2.75) is 19.8 Å². The lowest BCUT2D eigenvalue weighted by atomic mass is 10.2. The zero-order valence-corrected chi connectivity index (χ0v) is 10.2. The van der Waals surface area contributed by atoms with Crippen molar-refractivity contribution in [2.75, 3.05) is 29.6 Å². The summed E-state index contributed by atoms with van der Waals surface area (Å²) >= 11 is 1.89. The van der Waals surface area contributed by atoms with Gasteiger partial charge in [-0.15, -0.1) is 0 Å². The highest BCUT2D eigenvalue weighted by atomic mass is 32.2. The average molecular weight is 225 g/mol. The molecular formula is C11H19N3S. The topological polar surface area (TPSA) is 50.9 Å². The summed E-state index contributed by atoms with van der Waals surface area (Å²) in [5, 5.41) is 3.30. The minimum Gasteiger partial charge on any atom is -0.397 e. The molecule has 4 heteroatoms. The van der Waals surface area contributed by atoms with Crippen LogP contribution in [0.4, 0.5) is 11.5 Å². The summed E-state index contributed by atoms with van der Waals surface area (Å²) in [6.45, 7) is 2.98. The van der Waals surface area contributed by atoms with Crippen LogP contribution in [0.25, 0.3) is 0 Å². The number of aromatic nitrogens is 1. The number of pyridine rings is 1. The van der Waals surface area contributed by atoms with E-state index in [1.54, 1.807) is 6.20 Å². The first-order chi connectivity index (χ1) is 7.24. The molecular weight excluding hydrogens is 206 g/mol. The minimum atomic E-state index is 0.753. The molecule has 0 saturated carbocycles. The van der Waals surface area contributed by atoms with Crippen molar-refractivity contribution in [3.63, 3.8) is 0 Å². The van der Waals surface area contributed by atoms with E-state index in [1.807, 2.05) is 24.8 Å². The van der Waals surface area contributed by atoms with Gasteiger partial charge in [0.25, 0.3) is 0 Å². The van der Waals surface area contributed by atoms with E-state index in [0.29, 0.717) is 0 Å². The van der Waals surface area contributed by atoms with Gasteiger partial charge in [0.2, 0.25) is 0 Å². The van der Waals surface area contributed by atoms with Crippen molar-refractivity contribution in [1.29, 1.82) is 0 Å². The number of thioether (sulfide) groups is 1. The minimum absolute atomic E-state index is 0.753. The van der Waals surface area contributed by atoms with E-state index >= 15 is 0 Å². The summed E-state index contributed by atoms with van der Waals surface area (Å²) in [5.74, 6) is 2.15. The number of unbranched alkanes of at least 4 members (excludes halogenated alkanes) is 1. The van der Waals surface area contributed by atoms with Crippen LogP contribution in [0.2, 0.25) is 0 Å². The molecule has 0 radical (unpaired) electrons. The molecule has 0 saturated heterocycles. The summed E-state index contributed by atoms with van der Waals surface area (Å²) in [5.41, 5.74) is 7.52.